The number of hydrogen-bond acceptors (Lipinski definition) is 8. The summed E-state index contributed by atoms with van der Waals surface area (Å²) in [6.07, 6.45) is 8.53. The van der Waals surface area contributed by atoms with E-state index < -0.39 is 15.9 Å². The summed E-state index contributed by atoms with van der Waals surface area (Å²) in [7, 11) is -3.66. The van der Waals surface area contributed by atoms with Gasteiger partial charge in [-0.1, -0.05) is 36.4 Å². The number of carbonyl (C=O) groups excluding carboxylic acids is 1. The number of amides is 1. The van der Waals surface area contributed by atoms with Crippen molar-refractivity contribution in [1.29, 1.82) is 0 Å². The highest BCUT2D eigenvalue weighted by atomic mass is 35.5. The lowest BCUT2D eigenvalue weighted by molar-refractivity contribution is 0.0981. The Morgan fingerprint density at radius 3 is 2.44 bits per heavy atom. The van der Waals surface area contributed by atoms with Gasteiger partial charge in [-0.15, -0.1) is 12.4 Å². The third-order valence-corrected chi connectivity index (χ3v) is 7.13. The molecule has 1 aliphatic rings. The van der Waals surface area contributed by atoms with Crippen molar-refractivity contribution in [2.24, 2.45) is 0 Å². The van der Waals surface area contributed by atoms with Crippen LogP contribution in [0.5, 0.6) is 0 Å². The van der Waals surface area contributed by atoms with Gasteiger partial charge in [-0.05, 0) is 36.4 Å². The Balaban J connectivity index is 0.00000337. The lowest BCUT2D eigenvalue weighted by atomic mass is 10.1. The summed E-state index contributed by atoms with van der Waals surface area (Å²) < 4.78 is 32.4. The van der Waals surface area contributed by atoms with Crippen LogP contribution in [0, 0.1) is 0 Å². The number of rotatable bonds is 6. The number of nitrogens with one attached hydrogen (secondary N) is 1. The summed E-state index contributed by atoms with van der Waals surface area (Å²) in [5.41, 5.74) is 5.00. The number of ether oxygens (including phenoxy) is 1. The van der Waals surface area contributed by atoms with E-state index in [2.05, 4.69) is 4.90 Å². The second-order valence-electron chi connectivity index (χ2n) is 9.47. The van der Waals surface area contributed by atoms with Gasteiger partial charge >= 0.3 is 0 Å². The maximum absolute atomic E-state index is 12.3. The quantitative estimate of drug-likeness (QED) is 0.314. The number of fused-ring (bicyclic) bond motifs is 2. The molecule has 0 atom stereocenters. The number of nitrogens with zero attached hydrogens (tertiary/aromatic N) is 5. The normalized spacial score (nSPS) is 13.9. The molecule has 1 amide bonds. The Morgan fingerprint density at radius 2 is 1.68 bits per heavy atom. The van der Waals surface area contributed by atoms with E-state index in [1.165, 1.54) is 0 Å². The van der Waals surface area contributed by atoms with Crippen LogP contribution < -0.4 is 9.62 Å². The van der Waals surface area contributed by atoms with Gasteiger partial charge in [-0.25, -0.2) is 28.1 Å². The molecule has 0 saturated carbocycles. The molecule has 0 radical (unpaired) electrons. The number of para-hydroxylation sites is 1. The van der Waals surface area contributed by atoms with E-state index >= 15 is 0 Å². The smallest absolute Gasteiger partial charge is 0.264 e. The molecular formula is C29H27ClN6O4S. The highest BCUT2D eigenvalue weighted by molar-refractivity contribution is 7.89. The van der Waals surface area contributed by atoms with Gasteiger partial charge in [0.1, 0.15) is 0 Å². The summed E-state index contributed by atoms with van der Waals surface area (Å²) in [4.78, 5) is 28.8. The lowest BCUT2D eigenvalue weighted by Gasteiger charge is -2.28. The first kappa shape index (κ1) is 28.2. The Morgan fingerprint density at radius 1 is 0.951 bits per heavy atom. The van der Waals surface area contributed by atoms with Crippen molar-refractivity contribution in [2.45, 2.75) is 0 Å². The van der Waals surface area contributed by atoms with Crippen LogP contribution >= 0.6 is 12.4 Å². The van der Waals surface area contributed by atoms with Gasteiger partial charge in [0.15, 0.2) is 11.5 Å². The van der Waals surface area contributed by atoms with Gasteiger partial charge in [-0.3, -0.25) is 9.20 Å². The summed E-state index contributed by atoms with van der Waals surface area (Å²) in [5, 5.41) is 1.08. The summed E-state index contributed by atoms with van der Waals surface area (Å²) in [6.45, 7) is 2.66. The van der Waals surface area contributed by atoms with Crippen molar-refractivity contribution in [3.63, 3.8) is 0 Å². The van der Waals surface area contributed by atoms with Crippen molar-refractivity contribution in [3.8, 4) is 11.3 Å². The number of aromatic nitrogens is 4. The number of benzene rings is 2. The van der Waals surface area contributed by atoms with Crippen LogP contribution in [0.1, 0.15) is 21.7 Å². The topological polar surface area (TPSA) is 119 Å². The van der Waals surface area contributed by atoms with Gasteiger partial charge < -0.3 is 9.64 Å². The second kappa shape index (κ2) is 11.7. The molecule has 0 aliphatic carbocycles. The highest BCUT2D eigenvalue weighted by Gasteiger charge is 2.20. The molecule has 0 unspecified atom stereocenters. The van der Waals surface area contributed by atoms with Crippen molar-refractivity contribution >= 4 is 62.9 Å². The first-order valence-corrected chi connectivity index (χ1v) is 14.6. The van der Waals surface area contributed by atoms with Crippen LogP contribution in [0.3, 0.4) is 0 Å². The van der Waals surface area contributed by atoms with E-state index in [1.54, 1.807) is 30.5 Å². The maximum Gasteiger partial charge on any atom is 0.264 e. The fraction of sp³-hybridized carbons (Fsp3) is 0.172. The largest absolute Gasteiger partial charge is 0.378 e. The zero-order valence-corrected chi connectivity index (χ0v) is 23.7. The van der Waals surface area contributed by atoms with Crippen LogP contribution in [0.2, 0.25) is 0 Å². The first-order chi connectivity index (χ1) is 19.3. The van der Waals surface area contributed by atoms with E-state index in [0.29, 0.717) is 32.0 Å². The number of hydrogen-bond donors (Lipinski definition) is 1. The highest BCUT2D eigenvalue weighted by Crippen LogP contribution is 2.28. The van der Waals surface area contributed by atoms with Crippen LogP contribution in [-0.2, 0) is 14.8 Å². The van der Waals surface area contributed by atoms with Crippen molar-refractivity contribution in [2.75, 3.05) is 37.5 Å². The molecule has 10 nitrogen and oxygen atoms in total. The molecule has 6 rings (SSSR count). The molecule has 12 heteroatoms. The zero-order chi connectivity index (χ0) is 27.7. The number of morpholine rings is 1. The molecule has 210 valence electrons. The molecule has 0 bridgehead atoms. The van der Waals surface area contributed by atoms with Gasteiger partial charge in [-0.2, -0.15) is 0 Å². The molecule has 0 spiro atoms. The first-order valence-electron chi connectivity index (χ1n) is 12.7. The minimum Gasteiger partial charge on any atom is -0.378 e. The van der Waals surface area contributed by atoms with Crippen molar-refractivity contribution in [1.82, 2.24) is 24.1 Å². The fourth-order valence-electron chi connectivity index (χ4n) is 4.64. The van der Waals surface area contributed by atoms with E-state index in [1.807, 2.05) is 63.9 Å². The third-order valence-electron chi connectivity index (χ3n) is 6.57. The van der Waals surface area contributed by atoms with Crippen molar-refractivity contribution < 1.29 is 17.9 Å². The van der Waals surface area contributed by atoms with Gasteiger partial charge in [0.2, 0.25) is 10.0 Å². The lowest BCUT2D eigenvalue weighted by Crippen LogP contribution is -2.37. The molecule has 3 aromatic heterocycles. The Hall–Kier alpha value is -4.32. The predicted octanol–water partition coefficient (Wildman–Crippen LogP) is 4.06. The van der Waals surface area contributed by atoms with Crippen LogP contribution in [0.4, 0.5) is 5.82 Å². The molecule has 1 saturated heterocycles. The Bertz CT molecular complexity index is 1870. The molecule has 41 heavy (non-hydrogen) atoms. The van der Waals surface area contributed by atoms with E-state index in [4.69, 9.17) is 19.7 Å². The van der Waals surface area contributed by atoms with Crippen LogP contribution in [-0.4, -0.2) is 66.2 Å². The number of imidazole rings is 1. The standard InChI is InChI=1S/C29H26N6O4S.ClH/c1-40(37,38)33-29(36)22-8-6-21(7-9-22)26-18-30-27(34-14-16-39-17-15-34)28-32-24(19-35(26)28)13-12-23-11-10-20-4-2-3-5-25(20)31-23;/h2-13,18-19H,14-17H2,1H3,(H,33,36);1H/b13-12+;. The van der Waals surface area contributed by atoms with Gasteiger partial charge in [0.05, 0.1) is 48.3 Å². The van der Waals surface area contributed by atoms with E-state index in [0.717, 1.165) is 45.6 Å². The number of anilines is 1. The van der Waals surface area contributed by atoms with Crippen LogP contribution in [0.15, 0.2) is 73.1 Å². The number of halogens is 1. The molecule has 2 aromatic carbocycles. The monoisotopic (exact) mass is 590 g/mol. The maximum atomic E-state index is 12.3. The zero-order valence-electron chi connectivity index (χ0n) is 22.1. The number of sulfonamides is 1. The number of carbonyl (C=O) groups is 1. The third kappa shape index (κ3) is 6.22. The summed E-state index contributed by atoms with van der Waals surface area (Å²) >= 11 is 0. The van der Waals surface area contributed by atoms with Crippen molar-refractivity contribution in [3.05, 3.63) is 90.0 Å². The SMILES string of the molecule is CS(=O)(=O)NC(=O)c1ccc(-c2cnc(N3CCOCC3)c3nc(/C=C/c4ccc5ccccc5n4)cn23)cc1.Cl. The average Bonchev–Trinajstić information content (AvgIpc) is 3.39. The molecular weight excluding hydrogens is 564 g/mol. The van der Waals surface area contributed by atoms with Gasteiger partial charge in [0, 0.05) is 35.8 Å². The second-order valence-corrected chi connectivity index (χ2v) is 11.2. The fourth-order valence-corrected chi connectivity index (χ4v) is 5.09. The molecule has 1 fully saturated rings. The van der Waals surface area contributed by atoms with E-state index in [9.17, 15) is 13.2 Å². The molecule has 5 aromatic rings. The minimum absolute atomic E-state index is 0. The minimum atomic E-state index is -3.66. The molecule has 4 heterocycles. The summed E-state index contributed by atoms with van der Waals surface area (Å²) in [5.74, 6) is 0.0806. The molecule has 1 N–H and O–H groups in total. The van der Waals surface area contributed by atoms with E-state index in [-0.39, 0.29) is 18.0 Å². The van der Waals surface area contributed by atoms with Gasteiger partial charge in [0.25, 0.3) is 5.91 Å². The summed E-state index contributed by atoms with van der Waals surface area (Å²) in [6, 6.07) is 18.7. The average molecular weight is 591 g/mol. The molecule has 1 aliphatic heterocycles. The van der Waals surface area contributed by atoms with Crippen LogP contribution in [0.25, 0.3) is 40.0 Å². The Labute approximate surface area is 243 Å². The Kier molecular flexibility index (Phi) is 8.02. The predicted molar refractivity (Wildman–Crippen MR) is 162 cm³/mol. The number of pyridine rings is 1.